The minimum atomic E-state index is -0.524. The van der Waals surface area contributed by atoms with Gasteiger partial charge in [-0.2, -0.15) is 0 Å². The van der Waals surface area contributed by atoms with E-state index < -0.39 is 6.04 Å². The first kappa shape index (κ1) is 14.3. The molecule has 1 fully saturated rings. The minimum absolute atomic E-state index is 0.111. The van der Waals surface area contributed by atoms with Crippen molar-refractivity contribution in [1.82, 2.24) is 5.32 Å². The van der Waals surface area contributed by atoms with Gasteiger partial charge in [-0.05, 0) is 53.9 Å². The molecular weight excluding hydrogens is 308 g/mol. The maximum Gasteiger partial charge on any atom is 0.245 e. The van der Waals surface area contributed by atoms with E-state index in [0.717, 1.165) is 28.7 Å². The Morgan fingerprint density at radius 3 is 2.89 bits per heavy atom. The summed E-state index contributed by atoms with van der Waals surface area (Å²) in [7, 11) is 0. The average Bonchev–Trinajstić information content (AvgIpc) is 2.48. The van der Waals surface area contributed by atoms with E-state index in [2.05, 4.69) is 21.2 Å². The fourth-order valence-electron chi connectivity index (χ4n) is 2.36. The largest absolute Gasteiger partial charge is 0.394 e. The van der Waals surface area contributed by atoms with Crippen LogP contribution >= 0.6 is 15.9 Å². The lowest BCUT2D eigenvalue weighted by Gasteiger charge is -2.30. The first-order valence-corrected chi connectivity index (χ1v) is 7.26. The van der Waals surface area contributed by atoms with Crippen LogP contribution in [0.2, 0.25) is 0 Å². The molecule has 1 aliphatic heterocycles. The van der Waals surface area contributed by atoms with Crippen LogP contribution in [0.1, 0.15) is 18.9 Å². The Morgan fingerprint density at radius 2 is 2.26 bits per heavy atom. The van der Waals surface area contributed by atoms with Gasteiger partial charge in [0, 0.05) is 17.1 Å². The number of aryl methyl sites for hydroxylation is 1. The van der Waals surface area contributed by atoms with Crippen molar-refractivity contribution < 1.29 is 9.90 Å². The van der Waals surface area contributed by atoms with E-state index in [4.69, 9.17) is 0 Å². The van der Waals surface area contributed by atoms with Gasteiger partial charge >= 0.3 is 0 Å². The fourth-order valence-corrected chi connectivity index (χ4v) is 3.08. The normalized spacial score (nSPS) is 24.0. The molecule has 1 aliphatic rings. The minimum Gasteiger partial charge on any atom is -0.394 e. The number of aliphatic hydroxyl groups is 1. The summed E-state index contributed by atoms with van der Waals surface area (Å²) in [5.41, 5.74) is 2.11. The zero-order chi connectivity index (χ0) is 14.0. The number of anilines is 1. The van der Waals surface area contributed by atoms with E-state index in [9.17, 15) is 9.90 Å². The van der Waals surface area contributed by atoms with Crippen molar-refractivity contribution in [2.75, 3.05) is 18.1 Å². The molecule has 0 aromatic heterocycles. The second kappa shape index (κ2) is 5.92. The highest BCUT2D eigenvalue weighted by atomic mass is 79.9. The number of halogens is 1. The number of rotatable bonds is 2. The quantitative estimate of drug-likeness (QED) is 0.871. The third kappa shape index (κ3) is 3.09. The van der Waals surface area contributed by atoms with Crippen LogP contribution in [0.4, 0.5) is 5.69 Å². The van der Waals surface area contributed by atoms with E-state index in [1.165, 1.54) is 0 Å². The van der Waals surface area contributed by atoms with E-state index in [1.807, 2.05) is 36.9 Å². The standard InChI is InChI=1S/C14H19BrN2O2/c1-9-3-4-12(11(15)7-9)17-6-5-10(2)16-14(19)13(17)8-18/h3-4,7,10,13,18H,5-6,8H2,1-2H3,(H,16,19). The molecule has 1 heterocycles. The van der Waals surface area contributed by atoms with Gasteiger partial charge in [0.2, 0.25) is 5.91 Å². The van der Waals surface area contributed by atoms with Crippen molar-refractivity contribution in [3.8, 4) is 0 Å². The van der Waals surface area contributed by atoms with Gasteiger partial charge in [-0.15, -0.1) is 0 Å². The molecule has 0 saturated carbocycles. The maximum atomic E-state index is 12.1. The van der Waals surface area contributed by atoms with Crippen LogP contribution < -0.4 is 10.2 Å². The molecule has 2 N–H and O–H groups in total. The second-order valence-corrected chi connectivity index (χ2v) is 5.90. The molecule has 2 unspecified atom stereocenters. The molecule has 19 heavy (non-hydrogen) atoms. The number of carbonyl (C=O) groups excluding carboxylic acids is 1. The predicted molar refractivity (Wildman–Crippen MR) is 79.3 cm³/mol. The molecule has 2 rings (SSSR count). The lowest BCUT2D eigenvalue weighted by Crippen LogP contribution is -2.47. The maximum absolute atomic E-state index is 12.1. The van der Waals surface area contributed by atoms with Gasteiger partial charge in [0.05, 0.1) is 12.3 Å². The van der Waals surface area contributed by atoms with Crippen LogP contribution in [0, 0.1) is 6.92 Å². The number of carbonyl (C=O) groups is 1. The third-order valence-electron chi connectivity index (χ3n) is 3.46. The molecule has 4 nitrogen and oxygen atoms in total. The highest BCUT2D eigenvalue weighted by molar-refractivity contribution is 9.10. The Morgan fingerprint density at radius 1 is 1.53 bits per heavy atom. The summed E-state index contributed by atoms with van der Waals surface area (Å²) in [4.78, 5) is 14.1. The molecule has 1 aromatic carbocycles. The van der Waals surface area contributed by atoms with Gasteiger partial charge in [0.1, 0.15) is 6.04 Å². The van der Waals surface area contributed by atoms with Crippen molar-refractivity contribution in [3.63, 3.8) is 0 Å². The molecule has 0 aliphatic carbocycles. The Bertz CT molecular complexity index is 479. The predicted octanol–water partition coefficient (Wildman–Crippen LogP) is 1.83. The number of aliphatic hydroxyl groups excluding tert-OH is 1. The lowest BCUT2D eigenvalue weighted by molar-refractivity contribution is -0.123. The van der Waals surface area contributed by atoms with Crippen molar-refractivity contribution in [3.05, 3.63) is 28.2 Å². The van der Waals surface area contributed by atoms with Crippen molar-refractivity contribution in [1.29, 1.82) is 0 Å². The van der Waals surface area contributed by atoms with Crippen molar-refractivity contribution in [2.45, 2.75) is 32.4 Å². The Balaban J connectivity index is 2.36. The summed E-state index contributed by atoms with van der Waals surface area (Å²) in [5.74, 6) is -0.111. The molecule has 2 atom stereocenters. The third-order valence-corrected chi connectivity index (χ3v) is 4.09. The first-order chi connectivity index (χ1) is 9.02. The molecule has 0 bridgehead atoms. The average molecular weight is 327 g/mol. The number of amides is 1. The lowest BCUT2D eigenvalue weighted by atomic mass is 10.1. The van der Waals surface area contributed by atoms with Gasteiger partial charge in [0.15, 0.2) is 0 Å². The van der Waals surface area contributed by atoms with Gasteiger partial charge in [-0.25, -0.2) is 0 Å². The van der Waals surface area contributed by atoms with Crippen molar-refractivity contribution in [2.24, 2.45) is 0 Å². The van der Waals surface area contributed by atoms with Gasteiger partial charge in [-0.1, -0.05) is 6.07 Å². The van der Waals surface area contributed by atoms with Gasteiger partial charge in [-0.3, -0.25) is 4.79 Å². The number of hydrogen-bond acceptors (Lipinski definition) is 3. The highest BCUT2D eigenvalue weighted by Gasteiger charge is 2.30. The Labute approximate surface area is 121 Å². The summed E-state index contributed by atoms with van der Waals surface area (Å²) in [6.07, 6.45) is 0.864. The van der Waals surface area contributed by atoms with E-state index >= 15 is 0 Å². The summed E-state index contributed by atoms with van der Waals surface area (Å²) < 4.78 is 0.952. The van der Waals surface area contributed by atoms with Crippen LogP contribution in [0.5, 0.6) is 0 Å². The summed E-state index contributed by atoms with van der Waals surface area (Å²) in [5, 5.41) is 12.4. The molecule has 0 radical (unpaired) electrons. The summed E-state index contributed by atoms with van der Waals surface area (Å²) in [6.45, 7) is 4.57. The number of hydrogen-bond donors (Lipinski definition) is 2. The number of benzene rings is 1. The molecule has 1 amide bonds. The first-order valence-electron chi connectivity index (χ1n) is 6.47. The smallest absolute Gasteiger partial charge is 0.245 e. The number of nitrogens with zero attached hydrogens (tertiary/aromatic N) is 1. The van der Waals surface area contributed by atoms with Gasteiger partial charge < -0.3 is 15.3 Å². The number of nitrogens with one attached hydrogen (secondary N) is 1. The molecular formula is C14H19BrN2O2. The van der Waals surface area contributed by atoms with Crippen LogP contribution in [0.3, 0.4) is 0 Å². The van der Waals surface area contributed by atoms with E-state index in [1.54, 1.807) is 0 Å². The fraction of sp³-hybridized carbons (Fsp3) is 0.500. The molecule has 1 aromatic rings. The monoisotopic (exact) mass is 326 g/mol. The van der Waals surface area contributed by atoms with Crippen LogP contribution in [0.25, 0.3) is 0 Å². The topological polar surface area (TPSA) is 52.6 Å². The molecule has 0 spiro atoms. The summed E-state index contributed by atoms with van der Waals surface area (Å²) in [6, 6.07) is 5.64. The highest BCUT2D eigenvalue weighted by Crippen LogP contribution is 2.29. The van der Waals surface area contributed by atoms with Crippen molar-refractivity contribution >= 4 is 27.5 Å². The van der Waals surface area contributed by atoms with Crippen LogP contribution in [-0.2, 0) is 4.79 Å². The molecule has 1 saturated heterocycles. The molecule has 5 heteroatoms. The van der Waals surface area contributed by atoms with Crippen LogP contribution in [0.15, 0.2) is 22.7 Å². The zero-order valence-electron chi connectivity index (χ0n) is 11.2. The Kier molecular flexibility index (Phi) is 4.47. The second-order valence-electron chi connectivity index (χ2n) is 5.04. The SMILES string of the molecule is Cc1ccc(N2CCC(C)NC(=O)C2CO)c(Br)c1. The molecule has 104 valence electrons. The van der Waals surface area contributed by atoms with Gasteiger partial charge in [0.25, 0.3) is 0 Å². The Hall–Kier alpha value is -1.07. The summed E-state index contributed by atoms with van der Waals surface area (Å²) >= 11 is 3.54. The van der Waals surface area contributed by atoms with Crippen LogP contribution in [-0.4, -0.2) is 36.2 Å². The van der Waals surface area contributed by atoms with E-state index in [-0.39, 0.29) is 18.6 Å². The zero-order valence-corrected chi connectivity index (χ0v) is 12.8. The van der Waals surface area contributed by atoms with E-state index in [0.29, 0.717) is 0 Å².